The number of aryl methyl sites for hydroxylation is 1. The van der Waals surface area contributed by atoms with E-state index in [1.54, 1.807) is 11.8 Å². The summed E-state index contributed by atoms with van der Waals surface area (Å²) in [6, 6.07) is 12.3. The van der Waals surface area contributed by atoms with Gasteiger partial charge in [-0.3, -0.25) is 14.9 Å². The maximum absolute atomic E-state index is 12.0. The third kappa shape index (κ3) is 7.31. The van der Waals surface area contributed by atoms with Gasteiger partial charge in [-0.05, 0) is 18.6 Å². The van der Waals surface area contributed by atoms with Crippen LogP contribution in [0.5, 0.6) is 0 Å². The highest BCUT2D eigenvalue weighted by atomic mass is 35.5. The van der Waals surface area contributed by atoms with Crippen molar-refractivity contribution in [3.8, 4) is 0 Å². The molecule has 31 heavy (non-hydrogen) atoms. The molecule has 0 aliphatic carbocycles. The molecule has 3 aromatic rings. The monoisotopic (exact) mass is 493 g/mol. The number of benzene rings is 2. The highest BCUT2D eigenvalue weighted by Gasteiger charge is 2.10. The van der Waals surface area contributed by atoms with Crippen molar-refractivity contribution in [1.82, 2.24) is 15.6 Å². The standard InChI is InChI=1S/C19H16ClN5O3S3/c1-12-2-4-13(5-3-12)10-29-18-23-24-19(31-18)30-11-17(26)22-21-9-14-8-15(25(27)28)6-7-16(14)20/h2-9H,10-11H2,1H3,(H,22,26). The van der Waals surface area contributed by atoms with Gasteiger partial charge >= 0.3 is 0 Å². The Labute approximate surface area is 195 Å². The molecule has 160 valence electrons. The molecule has 0 saturated heterocycles. The molecule has 8 nitrogen and oxygen atoms in total. The molecular formula is C19H16ClN5O3S3. The van der Waals surface area contributed by atoms with Gasteiger partial charge in [0.2, 0.25) is 0 Å². The molecule has 0 bridgehead atoms. The van der Waals surface area contributed by atoms with E-state index in [4.69, 9.17) is 11.6 Å². The predicted molar refractivity (Wildman–Crippen MR) is 125 cm³/mol. The summed E-state index contributed by atoms with van der Waals surface area (Å²) in [7, 11) is 0. The Morgan fingerprint density at radius 1 is 1.23 bits per heavy atom. The topological polar surface area (TPSA) is 110 Å². The third-order valence-corrected chi connectivity index (χ3v) is 7.39. The van der Waals surface area contributed by atoms with Gasteiger partial charge < -0.3 is 0 Å². The molecule has 2 aromatic carbocycles. The fraction of sp³-hybridized carbons (Fsp3) is 0.158. The Balaban J connectivity index is 1.45. The van der Waals surface area contributed by atoms with Gasteiger partial charge in [0.25, 0.3) is 11.6 Å². The second-order valence-corrected chi connectivity index (χ2v) is 9.98. The van der Waals surface area contributed by atoms with E-state index < -0.39 is 4.92 Å². The summed E-state index contributed by atoms with van der Waals surface area (Å²) in [5, 5.41) is 23.2. The van der Waals surface area contributed by atoms with Crippen LogP contribution in [0.4, 0.5) is 5.69 Å². The number of amides is 1. The number of carbonyl (C=O) groups excluding carboxylic acids is 1. The lowest BCUT2D eigenvalue weighted by Crippen LogP contribution is -2.19. The van der Waals surface area contributed by atoms with Crippen LogP contribution >= 0.6 is 46.5 Å². The van der Waals surface area contributed by atoms with Crippen molar-refractivity contribution >= 4 is 64.3 Å². The summed E-state index contributed by atoms with van der Waals surface area (Å²) in [6.45, 7) is 2.05. The summed E-state index contributed by atoms with van der Waals surface area (Å²) in [4.78, 5) is 22.3. The Morgan fingerprint density at radius 3 is 2.65 bits per heavy atom. The van der Waals surface area contributed by atoms with E-state index in [2.05, 4.69) is 51.9 Å². The first-order chi connectivity index (χ1) is 14.9. The van der Waals surface area contributed by atoms with Crippen LogP contribution in [0.15, 0.2) is 56.2 Å². The van der Waals surface area contributed by atoms with Crippen molar-refractivity contribution in [2.24, 2.45) is 5.10 Å². The summed E-state index contributed by atoms with van der Waals surface area (Å²) in [5.74, 6) is 0.568. The largest absolute Gasteiger partial charge is 0.272 e. The lowest BCUT2D eigenvalue weighted by molar-refractivity contribution is -0.384. The van der Waals surface area contributed by atoms with Crippen LogP contribution in [0.25, 0.3) is 0 Å². The molecule has 1 aromatic heterocycles. The van der Waals surface area contributed by atoms with Crippen LogP contribution in [0.1, 0.15) is 16.7 Å². The normalized spacial score (nSPS) is 11.0. The van der Waals surface area contributed by atoms with Crippen molar-refractivity contribution in [1.29, 1.82) is 0 Å². The summed E-state index contributed by atoms with van der Waals surface area (Å²) >= 11 is 10.3. The fourth-order valence-electron chi connectivity index (χ4n) is 2.22. The van der Waals surface area contributed by atoms with Gasteiger partial charge in [-0.1, -0.05) is 76.3 Å². The fourth-order valence-corrected chi connectivity index (χ4v) is 5.15. The maximum atomic E-state index is 12.0. The number of hydrogen-bond donors (Lipinski definition) is 1. The minimum atomic E-state index is -0.529. The highest BCUT2D eigenvalue weighted by Crippen LogP contribution is 2.30. The number of non-ortho nitro benzene ring substituents is 1. The van der Waals surface area contributed by atoms with Crippen LogP contribution in [-0.4, -0.2) is 33.0 Å². The third-order valence-electron chi connectivity index (χ3n) is 3.78. The number of aromatic nitrogens is 2. The number of halogens is 1. The van der Waals surface area contributed by atoms with Gasteiger partial charge in [-0.25, -0.2) is 5.43 Å². The molecule has 1 N–H and O–H groups in total. The number of nitrogens with zero attached hydrogens (tertiary/aromatic N) is 4. The molecular weight excluding hydrogens is 478 g/mol. The molecule has 0 fully saturated rings. The van der Waals surface area contributed by atoms with E-state index in [1.165, 1.54) is 58.6 Å². The minimum Gasteiger partial charge on any atom is -0.272 e. The first-order valence-corrected chi connectivity index (χ1v) is 12.0. The molecule has 12 heteroatoms. The Hall–Kier alpha value is -2.47. The van der Waals surface area contributed by atoms with E-state index >= 15 is 0 Å². The van der Waals surface area contributed by atoms with E-state index in [1.807, 2.05) is 0 Å². The van der Waals surface area contributed by atoms with E-state index in [9.17, 15) is 14.9 Å². The number of thioether (sulfide) groups is 2. The number of nitro benzene ring substituents is 1. The summed E-state index contributed by atoms with van der Waals surface area (Å²) in [5.41, 5.74) is 5.02. The maximum Gasteiger partial charge on any atom is 0.270 e. The molecule has 0 unspecified atom stereocenters. The zero-order valence-electron chi connectivity index (χ0n) is 16.1. The second-order valence-electron chi connectivity index (χ2n) is 6.15. The molecule has 0 aliphatic rings. The first kappa shape index (κ1) is 23.2. The minimum absolute atomic E-state index is 0.108. The van der Waals surface area contributed by atoms with Crippen LogP contribution < -0.4 is 5.43 Å². The van der Waals surface area contributed by atoms with E-state index in [0.29, 0.717) is 14.9 Å². The Morgan fingerprint density at radius 2 is 1.94 bits per heavy atom. The van der Waals surface area contributed by atoms with Crippen molar-refractivity contribution in [3.63, 3.8) is 0 Å². The molecule has 0 atom stereocenters. The molecule has 0 saturated carbocycles. The van der Waals surface area contributed by atoms with E-state index in [-0.39, 0.29) is 17.3 Å². The molecule has 1 heterocycles. The number of nitro groups is 1. The number of rotatable bonds is 9. The number of hydrazone groups is 1. The van der Waals surface area contributed by atoms with Gasteiger partial charge in [0.05, 0.1) is 16.9 Å². The smallest absolute Gasteiger partial charge is 0.270 e. The van der Waals surface area contributed by atoms with Crippen LogP contribution in [-0.2, 0) is 10.5 Å². The quantitative estimate of drug-likeness (QED) is 0.194. The second kappa shape index (κ2) is 11.2. The van der Waals surface area contributed by atoms with Gasteiger partial charge in [-0.15, -0.1) is 10.2 Å². The average molecular weight is 494 g/mol. The lowest BCUT2D eigenvalue weighted by Gasteiger charge is -2.00. The summed E-state index contributed by atoms with van der Waals surface area (Å²) in [6.07, 6.45) is 1.27. The summed E-state index contributed by atoms with van der Waals surface area (Å²) < 4.78 is 1.52. The zero-order chi connectivity index (χ0) is 22.2. The Kier molecular flexibility index (Phi) is 8.41. The van der Waals surface area contributed by atoms with Crippen LogP contribution in [0, 0.1) is 17.0 Å². The average Bonchev–Trinajstić information content (AvgIpc) is 3.21. The van der Waals surface area contributed by atoms with Gasteiger partial charge in [0.1, 0.15) is 0 Å². The van der Waals surface area contributed by atoms with Gasteiger partial charge in [0, 0.05) is 28.5 Å². The van der Waals surface area contributed by atoms with Crippen molar-refractivity contribution in [3.05, 3.63) is 74.3 Å². The zero-order valence-corrected chi connectivity index (χ0v) is 19.4. The SMILES string of the molecule is Cc1ccc(CSc2nnc(SCC(=O)NN=Cc3cc([N+](=O)[O-])ccc3Cl)s2)cc1. The Bertz CT molecular complexity index is 1110. The first-order valence-electron chi connectivity index (χ1n) is 8.81. The molecule has 3 rings (SSSR count). The number of carbonyl (C=O) groups is 1. The predicted octanol–water partition coefficient (Wildman–Crippen LogP) is 4.94. The number of nitrogens with one attached hydrogen (secondary N) is 1. The van der Waals surface area contributed by atoms with Crippen LogP contribution in [0.2, 0.25) is 5.02 Å². The molecule has 1 amide bonds. The number of hydrogen-bond acceptors (Lipinski definition) is 9. The van der Waals surface area contributed by atoms with Crippen molar-refractivity contribution < 1.29 is 9.72 Å². The molecule has 0 radical (unpaired) electrons. The van der Waals surface area contributed by atoms with E-state index in [0.717, 1.165) is 10.1 Å². The van der Waals surface area contributed by atoms with Crippen molar-refractivity contribution in [2.75, 3.05) is 5.75 Å². The molecule has 0 spiro atoms. The lowest BCUT2D eigenvalue weighted by atomic mass is 10.2. The highest BCUT2D eigenvalue weighted by molar-refractivity contribution is 8.03. The van der Waals surface area contributed by atoms with Gasteiger partial charge in [0.15, 0.2) is 8.68 Å². The van der Waals surface area contributed by atoms with Crippen molar-refractivity contribution in [2.45, 2.75) is 21.4 Å². The molecule has 0 aliphatic heterocycles. The van der Waals surface area contributed by atoms with Crippen LogP contribution in [0.3, 0.4) is 0 Å². The van der Waals surface area contributed by atoms with Gasteiger partial charge in [-0.2, -0.15) is 5.10 Å².